The predicted molar refractivity (Wildman–Crippen MR) is 53.6 cm³/mol. The number of hydrogen-bond donors (Lipinski definition) is 0. The van der Waals surface area contributed by atoms with Crippen LogP contribution in [0.5, 0.6) is 0 Å². The van der Waals surface area contributed by atoms with Crippen molar-refractivity contribution in [3.05, 3.63) is 0 Å². The quantitative estimate of drug-likeness (QED) is 0.618. The molecule has 1 fully saturated rings. The van der Waals surface area contributed by atoms with Gasteiger partial charge in [-0.1, -0.05) is 0 Å². The Labute approximate surface area is 78.7 Å². The van der Waals surface area contributed by atoms with Crippen LogP contribution in [0.15, 0.2) is 0 Å². The number of thioether (sulfide) groups is 1. The topological polar surface area (TPSA) is 20.3 Å². The molecule has 1 aliphatic heterocycles. The van der Waals surface area contributed by atoms with Crippen LogP contribution in [-0.4, -0.2) is 42.8 Å². The van der Waals surface area contributed by atoms with Gasteiger partial charge in [-0.15, -0.1) is 0 Å². The van der Waals surface area contributed by atoms with E-state index in [1.54, 1.807) is 0 Å². The smallest absolute Gasteiger partial charge is 0.123 e. The normalized spacial score (nSPS) is 21.1. The van der Waals surface area contributed by atoms with Crippen LogP contribution in [0.1, 0.15) is 12.8 Å². The van der Waals surface area contributed by atoms with E-state index in [2.05, 4.69) is 11.2 Å². The Morgan fingerprint density at radius 3 is 2.67 bits per heavy atom. The van der Waals surface area contributed by atoms with Gasteiger partial charge in [-0.05, 0) is 32.2 Å². The highest BCUT2D eigenvalue weighted by Crippen LogP contribution is 2.14. The first kappa shape index (κ1) is 10.1. The van der Waals surface area contributed by atoms with Gasteiger partial charge in [-0.25, -0.2) is 0 Å². The van der Waals surface area contributed by atoms with E-state index in [-0.39, 0.29) is 0 Å². The lowest BCUT2D eigenvalue weighted by Gasteiger charge is -2.29. The summed E-state index contributed by atoms with van der Waals surface area (Å²) in [5, 5.41) is 0. The first-order chi connectivity index (χ1) is 5.86. The molecule has 0 bridgehead atoms. The lowest BCUT2D eigenvalue weighted by Crippen LogP contribution is -2.35. The summed E-state index contributed by atoms with van der Waals surface area (Å²) in [6.07, 6.45) is 5.39. The summed E-state index contributed by atoms with van der Waals surface area (Å²) >= 11 is 1.89. The second-order valence-electron chi connectivity index (χ2n) is 3.31. The maximum Gasteiger partial charge on any atom is 0.123 e. The van der Waals surface area contributed by atoms with Crippen molar-refractivity contribution in [2.24, 2.45) is 5.92 Å². The number of nitrogens with zero attached hydrogens (tertiary/aromatic N) is 1. The highest BCUT2D eigenvalue weighted by molar-refractivity contribution is 7.98. The van der Waals surface area contributed by atoms with Gasteiger partial charge in [0.05, 0.1) is 0 Å². The zero-order chi connectivity index (χ0) is 8.81. The van der Waals surface area contributed by atoms with Crippen molar-refractivity contribution in [3.8, 4) is 0 Å². The molecule has 0 N–H and O–H groups in total. The van der Waals surface area contributed by atoms with Crippen molar-refractivity contribution in [2.45, 2.75) is 12.8 Å². The Kier molecular flexibility index (Phi) is 4.69. The SMILES string of the molecule is CSCCN1CCC(C=O)CC1. The molecule has 0 aromatic heterocycles. The van der Waals surface area contributed by atoms with Crippen molar-refractivity contribution in [1.29, 1.82) is 0 Å². The number of carbonyl (C=O) groups is 1. The van der Waals surface area contributed by atoms with Crippen LogP contribution in [0.2, 0.25) is 0 Å². The van der Waals surface area contributed by atoms with Gasteiger partial charge >= 0.3 is 0 Å². The van der Waals surface area contributed by atoms with Crippen molar-refractivity contribution < 1.29 is 4.79 Å². The molecule has 3 heteroatoms. The van der Waals surface area contributed by atoms with Gasteiger partial charge in [-0.3, -0.25) is 0 Å². The van der Waals surface area contributed by atoms with Gasteiger partial charge < -0.3 is 9.69 Å². The van der Waals surface area contributed by atoms with E-state index < -0.39 is 0 Å². The molecule has 0 amide bonds. The number of piperidine rings is 1. The van der Waals surface area contributed by atoms with E-state index in [0.717, 1.165) is 32.2 Å². The molecule has 0 saturated carbocycles. The van der Waals surface area contributed by atoms with E-state index in [1.807, 2.05) is 11.8 Å². The number of hydrogen-bond acceptors (Lipinski definition) is 3. The molecular weight excluding hydrogens is 170 g/mol. The number of likely N-dealkylation sites (tertiary alicyclic amines) is 1. The Hall–Kier alpha value is -0.0200. The molecule has 12 heavy (non-hydrogen) atoms. The zero-order valence-corrected chi connectivity index (χ0v) is 8.48. The molecule has 0 aromatic rings. The average molecular weight is 187 g/mol. The van der Waals surface area contributed by atoms with Crippen LogP contribution in [0, 0.1) is 5.92 Å². The van der Waals surface area contributed by atoms with Crippen LogP contribution >= 0.6 is 11.8 Å². The predicted octanol–water partition coefficient (Wildman–Crippen LogP) is 1.26. The maximum atomic E-state index is 10.5. The molecule has 0 spiro atoms. The lowest BCUT2D eigenvalue weighted by atomic mass is 9.99. The van der Waals surface area contributed by atoms with Crippen LogP contribution in [0.25, 0.3) is 0 Å². The summed E-state index contributed by atoms with van der Waals surface area (Å²) in [5.74, 6) is 1.56. The zero-order valence-electron chi connectivity index (χ0n) is 7.66. The van der Waals surface area contributed by atoms with Crippen molar-refractivity contribution in [2.75, 3.05) is 31.6 Å². The lowest BCUT2D eigenvalue weighted by molar-refractivity contribution is -0.112. The highest BCUT2D eigenvalue weighted by Gasteiger charge is 2.17. The summed E-state index contributed by atoms with van der Waals surface area (Å²) in [5.41, 5.74) is 0. The second-order valence-corrected chi connectivity index (χ2v) is 4.29. The number of aldehydes is 1. The van der Waals surface area contributed by atoms with E-state index in [0.29, 0.717) is 5.92 Å². The van der Waals surface area contributed by atoms with Crippen LogP contribution in [-0.2, 0) is 4.79 Å². The van der Waals surface area contributed by atoms with Crippen molar-refractivity contribution in [1.82, 2.24) is 4.90 Å². The molecule has 1 aliphatic rings. The van der Waals surface area contributed by atoms with E-state index >= 15 is 0 Å². The monoisotopic (exact) mass is 187 g/mol. The van der Waals surface area contributed by atoms with Crippen LogP contribution in [0.4, 0.5) is 0 Å². The summed E-state index contributed by atoms with van der Waals surface area (Å²) in [7, 11) is 0. The molecule has 70 valence electrons. The molecule has 0 aromatic carbocycles. The van der Waals surface area contributed by atoms with Gasteiger partial charge in [0, 0.05) is 18.2 Å². The Balaban J connectivity index is 2.12. The van der Waals surface area contributed by atoms with Gasteiger partial charge in [0.1, 0.15) is 6.29 Å². The highest BCUT2D eigenvalue weighted by atomic mass is 32.2. The molecule has 2 nitrogen and oxygen atoms in total. The fourth-order valence-electron chi connectivity index (χ4n) is 1.53. The standard InChI is InChI=1S/C9H17NOS/c1-12-7-6-10-4-2-9(8-11)3-5-10/h8-9H,2-7H2,1H3. The van der Waals surface area contributed by atoms with Gasteiger partial charge in [0.15, 0.2) is 0 Å². The fraction of sp³-hybridized carbons (Fsp3) is 0.889. The average Bonchev–Trinajstić information content (AvgIpc) is 2.15. The second kappa shape index (κ2) is 5.60. The van der Waals surface area contributed by atoms with Gasteiger partial charge in [-0.2, -0.15) is 11.8 Å². The first-order valence-electron chi connectivity index (χ1n) is 4.53. The van der Waals surface area contributed by atoms with Gasteiger partial charge in [0.25, 0.3) is 0 Å². The molecule has 1 rings (SSSR count). The van der Waals surface area contributed by atoms with E-state index in [1.165, 1.54) is 12.3 Å². The molecule has 0 radical (unpaired) electrons. The molecule has 1 heterocycles. The fourth-order valence-corrected chi connectivity index (χ4v) is 1.97. The van der Waals surface area contributed by atoms with Crippen molar-refractivity contribution in [3.63, 3.8) is 0 Å². The summed E-state index contributed by atoms with van der Waals surface area (Å²) in [4.78, 5) is 12.9. The molecular formula is C9H17NOS. The first-order valence-corrected chi connectivity index (χ1v) is 5.92. The Morgan fingerprint density at radius 2 is 2.17 bits per heavy atom. The molecule has 0 unspecified atom stereocenters. The molecule has 0 aliphatic carbocycles. The maximum absolute atomic E-state index is 10.5. The molecule has 0 atom stereocenters. The van der Waals surface area contributed by atoms with Gasteiger partial charge in [0.2, 0.25) is 0 Å². The van der Waals surface area contributed by atoms with Crippen LogP contribution in [0.3, 0.4) is 0 Å². The third-order valence-corrected chi connectivity index (χ3v) is 3.03. The minimum absolute atomic E-state index is 0.343. The minimum atomic E-state index is 0.343. The molecule has 1 saturated heterocycles. The third kappa shape index (κ3) is 3.15. The number of rotatable bonds is 4. The summed E-state index contributed by atoms with van der Waals surface area (Å²) < 4.78 is 0. The minimum Gasteiger partial charge on any atom is -0.303 e. The Bertz CT molecular complexity index is 132. The summed E-state index contributed by atoms with van der Waals surface area (Å²) in [6, 6.07) is 0. The van der Waals surface area contributed by atoms with E-state index in [9.17, 15) is 4.79 Å². The summed E-state index contributed by atoms with van der Waals surface area (Å²) in [6.45, 7) is 3.42. The van der Waals surface area contributed by atoms with Crippen LogP contribution < -0.4 is 0 Å². The van der Waals surface area contributed by atoms with E-state index in [4.69, 9.17) is 0 Å². The van der Waals surface area contributed by atoms with Crippen molar-refractivity contribution >= 4 is 18.0 Å². The third-order valence-electron chi connectivity index (χ3n) is 2.44. The number of carbonyl (C=O) groups excluding carboxylic acids is 1. The Morgan fingerprint density at radius 1 is 1.50 bits per heavy atom. The largest absolute Gasteiger partial charge is 0.303 e.